The third-order valence-electron chi connectivity index (χ3n) is 2.24. The maximum atomic E-state index is 11.3. The van der Waals surface area contributed by atoms with Crippen LogP contribution >= 0.6 is 0 Å². The van der Waals surface area contributed by atoms with E-state index in [4.69, 9.17) is 5.11 Å². The molecule has 0 saturated carbocycles. The lowest BCUT2D eigenvalue weighted by molar-refractivity contribution is 0.0690. The maximum absolute atomic E-state index is 11.3. The molecule has 0 aliphatic rings. The first-order chi connectivity index (χ1) is 7.49. The van der Waals surface area contributed by atoms with Gasteiger partial charge < -0.3 is 5.11 Å². The molecule has 2 rings (SSSR count). The van der Waals surface area contributed by atoms with Crippen molar-refractivity contribution in [3.05, 3.63) is 29.2 Å². The van der Waals surface area contributed by atoms with E-state index in [1.165, 1.54) is 23.7 Å². The number of carboxylic acids is 1. The van der Waals surface area contributed by atoms with Gasteiger partial charge in [0.1, 0.15) is 0 Å². The fourth-order valence-corrected chi connectivity index (χ4v) is 1.46. The van der Waals surface area contributed by atoms with Crippen molar-refractivity contribution in [1.29, 1.82) is 0 Å². The minimum atomic E-state index is -1.12. The molecule has 0 spiro atoms. The van der Waals surface area contributed by atoms with Crippen LogP contribution in [0.15, 0.2) is 12.3 Å². The van der Waals surface area contributed by atoms with Crippen LogP contribution in [-0.4, -0.2) is 31.5 Å². The van der Waals surface area contributed by atoms with Crippen LogP contribution in [0.4, 0.5) is 0 Å². The summed E-state index contributed by atoms with van der Waals surface area (Å²) in [6, 6.07) is 1.36. The summed E-state index contributed by atoms with van der Waals surface area (Å²) in [5.41, 5.74) is 1.33. The van der Waals surface area contributed by atoms with Crippen LogP contribution in [0, 0.1) is 6.92 Å². The normalized spacial score (nSPS) is 10.6. The number of ketones is 1. The second-order valence-corrected chi connectivity index (χ2v) is 3.43. The first-order valence-electron chi connectivity index (χ1n) is 4.60. The molecule has 0 aromatic carbocycles. The Morgan fingerprint density at radius 1 is 1.44 bits per heavy atom. The smallest absolute Gasteiger partial charge is 0.356 e. The molecule has 0 fully saturated rings. The predicted octanol–water partition coefficient (Wildman–Crippen LogP) is 0.939. The third-order valence-corrected chi connectivity index (χ3v) is 2.24. The Labute approximate surface area is 90.5 Å². The molecule has 16 heavy (non-hydrogen) atoms. The minimum absolute atomic E-state index is 0.0902. The number of carboxylic acid groups (broad SMARTS) is 1. The van der Waals surface area contributed by atoms with Gasteiger partial charge in [-0.25, -0.2) is 14.3 Å². The highest BCUT2D eigenvalue weighted by molar-refractivity contribution is 5.95. The lowest BCUT2D eigenvalue weighted by atomic mass is 10.2. The summed E-state index contributed by atoms with van der Waals surface area (Å²) in [6.45, 7) is 3.13. The Kier molecular flexibility index (Phi) is 2.19. The van der Waals surface area contributed by atoms with E-state index >= 15 is 0 Å². The van der Waals surface area contributed by atoms with Crippen molar-refractivity contribution in [2.75, 3.05) is 0 Å². The summed E-state index contributed by atoms with van der Waals surface area (Å²) in [5, 5.41) is 12.6. The largest absolute Gasteiger partial charge is 0.476 e. The molecule has 0 aliphatic carbocycles. The van der Waals surface area contributed by atoms with Crippen LogP contribution in [-0.2, 0) is 0 Å². The van der Waals surface area contributed by atoms with Crippen molar-refractivity contribution in [3.8, 4) is 0 Å². The Hall–Kier alpha value is -2.24. The molecule has 0 bridgehead atoms. The number of fused-ring (bicyclic) bond motifs is 1. The molecule has 82 valence electrons. The lowest BCUT2D eigenvalue weighted by Crippen LogP contribution is -2.03. The van der Waals surface area contributed by atoms with Gasteiger partial charge >= 0.3 is 5.97 Å². The van der Waals surface area contributed by atoms with Crippen LogP contribution in [0.25, 0.3) is 5.65 Å². The first-order valence-corrected chi connectivity index (χ1v) is 4.60. The van der Waals surface area contributed by atoms with Gasteiger partial charge in [0.05, 0.1) is 11.3 Å². The number of aromatic nitrogens is 3. The van der Waals surface area contributed by atoms with Gasteiger partial charge in [0.25, 0.3) is 0 Å². The third kappa shape index (κ3) is 1.54. The summed E-state index contributed by atoms with van der Waals surface area (Å²) in [5.74, 6) is -1.24. The van der Waals surface area contributed by atoms with Gasteiger partial charge in [0.2, 0.25) is 0 Å². The second kappa shape index (κ2) is 3.41. The lowest BCUT2D eigenvalue weighted by Gasteiger charge is -2.01. The molecule has 0 unspecified atom stereocenters. The average Bonchev–Trinajstić information content (AvgIpc) is 2.58. The molecule has 0 radical (unpaired) electrons. The molecule has 1 N–H and O–H groups in total. The van der Waals surface area contributed by atoms with Crippen molar-refractivity contribution in [2.24, 2.45) is 0 Å². The summed E-state index contributed by atoms with van der Waals surface area (Å²) in [4.78, 5) is 26.1. The van der Waals surface area contributed by atoms with Crippen molar-refractivity contribution < 1.29 is 14.7 Å². The van der Waals surface area contributed by atoms with Crippen molar-refractivity contribution >= 4 is 17.4 Å². The number of hydrogen-bond donors (Lipinski definition) is 1. The molecule has 0 saturated heterocycles. The zero-order valence-corrected chi connectivity index (χ0v) is 8.76. The van der Waals surface area contributed by atoms with Crippen molar-refractivity contribution in [2.45, 2.75) is 13.8 Å². The van der Waals surface area contributed by atoms with Crippen LogP contribution in [0.3, 0.4) is 0 Å². The predicted molar refractivity (Wildman–Crippen MR) is 54.7 cm³/mol. The fraction of sp³-hybridized carbons (Fsp3) is 0.200. The highest BCUT2D eigenvalue weighted by Gasteiger charge is 2.12. The van der Waals surface area contributed by atoms with Gasteiger partial charge in [-0.3, -0.25) is 4.79 Å². The van der Waals surface area contributed by atoms with Gasteiger partial charge in [0.15, 0.2) is 17.1 Å². The number of Topliss-reactive ketones (excluding diaryl/α,β-unsaturated/α-hetero) is 1. The van der Waals surface area contributed by atoms with Crippen LogP contribution in [0.5, 0.6) is 0 Å². The molecular weight excluding hydrogens is 210 g/mol. The van der Waals surface area contributed by atoms with Gasteiger partial charge in [-0.1, -0.05) is 0 Å². The minimum Gasteiger partial charge on any atom is -0.476 e. The zero-order chi connectivity index (χ0) is 11.9. The Morgan fingerprint density at radius 3 is 2.69 bits per heavy atom. The van der Waals surface area contributed by atoms with Crippen LogP contribution in [0.2, 0.25) is 0 Å². The van der Waals surface area contributed by atoms with E-state index < -0.39 is 5.97 Å². The molecule has 2 aromatic heterocycles. The van der Waals surface area contributed by atoms with Crippen LogP contribution in [0.1, 0.15) is 33.5 Å². The molecule has 0 aliphatic heterocycles. The van der Waals surface area contributed by atoms with Crippen molar-refractivity contribution in [1.82, 2.24) is 14.6 Å². The number of aryl methyl sites for hydroxylation is 1. The topological polar surface area (TPSA) is 84.6 Å². The van der Waals surface area contributed by atoms with E-state index in [0.717, 1.165) is 0 Å². The molecule has 2 heterocycles. The number of rotatable bonds is 2. The molecule has 0 atom stereocenters. The standard InChI is InChI=1S/C10H9N3O3/c1-5-7(6(2)14)4-13-9(11-5)3-8(12-13)10(15)16/h3-4H,1-2H3,(H,15,16). The number of carbonyl (C=O) groups excluding carboxylic acids is 1. The molecule has 0 amide bonds. The second-order valence-electron chi connectivity index (χ2n) is 3.43. The number of hydrogen-bond acceptors (Lipinski definition) is 4. The van der Waals surface area contributed by atoms with Crippen LogP contribution < -0.4 is 0 Å². The van der Waals surface area contributed by atoms with E-state index in [0.29, 0.717) is 16.9 Å². The highest BCUT2D eigenvalue weighted by Crippen LogP contribution is 2.10. The zero-order valence-electron chi connectivity index (χ0n) is 8.76. The van der Waals surface area contributed by atoms with Gasteiger partial charge in [-0.05, 0) is 13.8 Å². The first kappa shape index (κ1) is 10.3. The number of nitrogens with zero attached hydrogens (tertiary/aromatic N) is 3. The summed E-state index contributed by atoms with van der Waals surface area (Å²) in [6.07, 6.45) is 1.49. The molecule has 2 aromatic rings. The van der Waals surface area contributed by atoms with Gasteiger partial charge in [0, 0.05) is 12.3 Å². The summed E-state index contributed by atoms with van der Waals surface area (Å²) >= 11 is 0. The van der Waals surface area contributed by atoms with Crippen molar-refractivity contribution in [3.63, 3.8) is 0 Å². The monoisotopic (exact) mass is 219 g/mol. The quantitative estimate of drug-likeness (QED) is 0.760. The average molecular weight is 219 g/mol. The summed E-state index contributed by atoms with van der Waals surface area (Å²) < 4.78 is 1.30. The Balaban J connectivity index is 2.70. The summed E-state index contributed by atoms with van der Waals surface area (Å²) in [7, 11) is 0. The highest BCUT2D eigenvalue weighted by atomic mass is 16.4. The van der Waals surface area contributed by atoms with E-state index in [1.54, 1.807) is 6.92 Å². The molecule has 6 heteroatoms. The molecule has 6 nitrogen and oxygen atoms in total. The number of carbonyl (C=O) groups is 2. The Bertz CT molecular complexity index is 601. The van der Waals surface area contributed by atoms with E-state index in [1.807, 2.05) is 0 Å². The maximum Gasteiger partial charge on any atom is 0.356 e. The Morgan fingerprint density at radius 2 is 2.12 bits per heavy atom. The van der Waals surface area contributed by atoms with E-state index in [2.05, 4.69) is 10.1 Å². The van der Waals surface area contributed by atoms with E-state index in [-0.39, 0.29) is 11.5 Å². The SMILES string of the molecule is CC(=O)c1cn2nc(C(=O)O)cc2nc1C. The van der Waals surface area contributed by atoms with Gasteiger partial charge in [-0.2, -0.15) is 5.10 Å². The van der Waals surface area contributed by atoms with Gasteiger partial charge in [-0.15, -0.1) is 0 Å². The number of aromatic carboxylic acids is 1. The fourth-order valence-electron chi connectivity index (χ4n) is 1.46. The van der Waals surface area contributed by atoms with E-state index in [9.17, 15) is 9.59 Å². The molecular formula is C10H9N3O3.